The summed E-state index contributed by atoms with van der Waals surface area (Å²) in [5.41, 5.74) is 0.560. The minimum atomic E-state index is -0.288. The minimum Gasteiger partial charge on any atom is -0.468 e. The van der Waals surface area contributed by atoms with Crippen LogP contribution in [-0.4, -0.2) is 47.1 Å². The molecular formula is C19H23N3O3. The van der Waals surface area contributed by atoms with Gasteiger partial charge in [-0.3, -0.25) is 14.7 Å². The highest BCUT2D eigenvalue weighted by atomic mass is 16.5. The van der Waals surface area contributed by atoms with Crippen molar-refractivity contribution in [3.05, 3.63) is 48.7 Å². The van der Waals surface area contributed by atoms with Crippen LogP contribution in [0.15, 0.2) is 47.3 Å². The first-order valence-corrected chi connectivity index (χ1v) is 8.79. The molecule has 2 aromatic rings. The summed E-state index contributed by atoms with van der Waals surface area (Å²) < 4.78 is 11.6. The van der Waals surface area contributed by atoms with E-state index >= 15 is 0 Å². The molecule has 4 heterocycles. The molecule has 1 spiro atoms. The van der Waals surface area contributed by atoms with Gasteiger partial charge in [0.15, 0.2) is 0 Å². The molecule has 0 N–H and O–H groups in total. The van der Waals surface area contributed by atoms with Crippen molar-refractivity contribution in [1.82, 2.24) is 9.88 Å². The number of hydrogen-bond donors (Lipinski definition) is 0. The predicted molar refractivity (Wildman–Crippen MR) is 93.1 cm³/mol. The molecular weight excluding hydrogens is 318 g/mol. The summed E-state index contributed by atoms with van der Waals surface area (Å²) in [7, 11) is 0. The van der Waals surface area contributed by atoms with Crippen molar-refractivity contribution in [3.63, 3.8) is 0 Å². The second kappa shape index (κ2) is 6.61. The summed E-state index contributed by atoms with van der Waals surface area (Å²) in [5, 5.41) is 0. The summed E-state index contributed by atoms with van der Waals surface area (Å²) in [5.74, 6) is 0.991. The maximum atomic E-state index is 12.5. The zero-order valence-electron chi connectivity index (χ0n) is 14.4. The van der Waals surface area contributed by atoms with Gasteiger partial charge < -0.3 is 14.1 Å². The van der Waals surface area contributed by atoms with E-state index in [-0.39, 0.29) is 24.2 Å². The molecule has 0 bridgehead atoms. The fraction of sp³-hybridized carbons (Fsp3) is 0.474. The third-order valence-electron chi connectivity index (χ3n) is 5.49. The van der Waals surface area contributed by atoms with Gasteiger partial charge in [0.25, 0.3) is 5.91 Å². The Morgan fingerprint density at radius 3 is 2.80 bits per heavy atom. The largest absolute Gasteiger partial charge is 0.468 e. The smallest absolute Gasteiger partial charge is 0.253 e. The van der Waals surface area contributed by atoms with Crippen molar-refractivity contribution in [2.75, 3.05) is 24.6 Å². The van der Waals surface area contributed by atoms with Gasteiger partial charge in [0.05, 0.1) is 36.3 Å². The van der Waals surface area contributed by atoms with E-state index < -0.39 is 0 Å². The number of morpholine rings is 1. The van der Waals surface area contributed by atoms with Crippen molar-refractivity contribution < 1.29 is 13.9 Å². The van der Waals surface area contributed by atoms with Crippen LogP contribution in [0.25, 0.3) is 0 Å². The van der Waals surface area contributed by atoms with E-state index in [1.807, 2.05) is 29.2 Å². The maximum Gasteiger partial charge on any atom is 0.253 e. The summed E-state index contributed by atoms with van der Waals surface area (Å²) in [4.78, 5) is 20.9. The highest BCUT2D eigenvalue weighted by Gasteiger charge is 2.48. The van der Waals surface area contributed by atoms with E-state index in [2.05, 4.69) is 16.8 Å². The first-order chi connectivity index (χ1) is 12.2. The number of furan rings is 1. The molecule has 1 amide bonds. The number of likely N-dealkylation sites (tertiary alicyclic amines) is 1. The molecule has 4 rings (SSSR count). The molecule has 2 saturated heterocycles. The van der Waals surface area contributed by atoms with Crippen LogP contribution in [0.3, 0.4) is 0 Å². The number of amides is 1. The van der Waals surface area contributed by atoms with Crippen LogP contribution in [-0.2, 0) is 16.1 Å². The number of hydrogen-bond acceptors (Lipinski definition) is 5. The lowest BCUT2D eigenvalue weighted by Crippen LogP contribution is -2.64. The van der Waals surface area contributed by atoms with Crippen LogP contribution < -0.4 is 4.90 Å². The summed E-state index contributed by atoms with van der Waals surface area (Å²) in [6, 6.07) is 7.72. The number of anilines is 1. The van der Waals surface area contributed by atoms with Gasteiger partial charge in [0.2, 0.25) is 0 Å². The molecule has 0 radical (unpaired) electrons. The molecule has 2 aliphatic rings. The molecule has 2 aromatic heterocycles. The number of pyridine rings is 1. The fourth-order valence-electron chi connectivity index (χ4n) is 3.99. The first-order valence-electron chi connectivity index (χ1n) is 8.79. The zero-order valence-corrected chi connectivity index (χ0v) is 14.4. The van der Waals surface area contributed by atoms with Gasteiger partial charge in [-0.25, -0.2) is 0 Å². The van der Waals surface area contributed by atoms with Crippen LogP contribution in [0, 0.1) is 0 Å². The lowest BCUT2D eigenvalue weighted by atomic mass is 9.82. The number of ether oxygens (including phenoxy) is 1. The van der Waals surface area contributed by atoms with Crippen LogP contribution in [0.4, 0.5) is 5.69 Å². The number of aromatic nitrogens is 1. The first kappa shape index (κ1) is 16.3. The molecule has 0 saturated carbocycles. The van der Waals surface area contributed by atoms with Crippen molar-refractivity contribution in [2.24, 2.45) is 0 Å². The molecule has 6 nitrogen and oxygen atoms in total. The average Bonchev–Trinajstić information content (AvgIpc) is 3.15. The van der Waals surface area contributed by atoms with E-state index in [4.69, 9.17) is 9.15 Å². The highest BCUT2D eigenvalue weighted by molar-refractivity contribution is 5.95. The van der Waals surface area contributed by atoms with E-state index in [0.29, 0.717) is 0 Å². The second-order valence-corrected chi connectivity index (χ2v) is 6.86. The summed E-state index contributed by atoms with van der Waals surface area (Å²) in [6.45, 7) is 4.91. The van der Waals surface area contributed by atoms with E-state index in [1.54, 1.807) is 18.7 Å². The number of rotatable bonds is 3. The average molecular weight is 341 g/mol. The molecule has 0 unspecified atom stereocenters. The third kappa shape index (κ3) is 3.07. The van der Waals surface area contributed by atoms with Crippen LogP contribution in [0.1, 0.15) is 25.5 Å². The molecule has 0 aromatic carbocycles. The van der Waals surface area contributed by atoms with Crippen molar-refractivity contribution in [2.45, 2.75) is 38.0 Å². The SMILES string of the molecule is C[C@H]1N(c2cccnc2)C(=O)COC12CCN(Cc1ccco1)CC2. The third-order valence-corrected chi connectivity index (χ3v) is 5.49. The predicted octanol–water partition coefficient (Wildman–Crippen LogP) is 2.46. The van der Waals surface area contributed by atoms with Gasteiger partial charge >= 0.3 is 0 Å². The van der Waals surface area contributed by atoms with Gasteiger partial charge in [-0.15, -0.1) is 0 Å². The Hall–Kier alpha value is -2.18. The Kier molecular flexibility index (Phi) is 4.31. The second-order valence-electron chi connectivity index (χ2n) is 6.86. The zero-order chi connectivity index (χ0) is 17.3. The Bertz CT molecular complexity index is 709. The van der Waals surface area contributed by atoms with E-state index in [1.165, 1.54) is 0 Å². The summed E-state index contributed by atoms with van der Waals surface area (Å²) >= 11 is 0. The number of piperidine rings is 1. The molecule has 25 heavy (non-hydrogen) atoms. The van der Waals surface area contributed by atoms with Gasteiger partial charge in [0.1, 0.15) is 12.4 Å². The number of nitrogens with zero attached hydrogens (tertiary/aromatic N) is 3. The Labute approximate surface area is 147 Å². The molecule has 2 aliphatic heterocycles. The standard InChI is InChI=1S/C19H23N3O3/c1-15-19(6-9-21(10-7-19)13-17-5-3-11-24-17)25-14-18(23)22(15)16-4-2-8-20-12-16/h2-5,8,11-12,15H,6-7,9-10,13-14H2,1H3/t15-/m1/s1. The van der Waals surface area contributed by atoms with E-state index in [9.17, 15) is 4.79 Å². The fourth-order valence-corrected chi connectivity index (χ4v) is 3.99. The topological polar surface area (TPSA) is 58.8 Å². The Morgan fingerprint density at radius 1 is 1.28 bits per heavy atom. The van der Waals surface area contributed by atoms with Gasteiger partial charge in [-0.05, 0) is 44.0 Å². The van der Waals surface area contributed by atoms with E-state index in [0.717, 1.165) is 43.9 Å². The quantitative estimate of drug-likeness (QED) is 0.858. The van der Waals surface area contributed by atoms with Crippen LogP contribution in [0.2, 0.25) is 0 Å². The van der Waals surface area contributed by atoms with Gasteiger partial charge in [-0.1, -0.05) is 0 Å². The number of carbonyl (C=O) groups excluding carboxylic acids is 1. The normalized spacial score (nSPS) is 24.0. The molecule has 2 fully saturated rings. The Balaban J connectivity index is 1.48. The van der Waals surface area contributed by atoms with Crippen molar-refractivity contribution in [1.29, 1.82) is 0 Å². The van der Waals surface area contributed by atoms with Crippen LogP contribution in [0.5, 0.6) is 0 Å². The van der Waals surface area contributed by atoms with Crippen LogP contribution >= 0.6 is 0 Å². The molecule has 0 aliphatic carbocycles. The molecule has 132 valence electrons. The lowest BCUT2D eigenvalue weighted by Gasteiger charge is -2.51. The monoisotopic (exact) mass is 341 g/mol. The highest BCUT2D eigenvalue weighted by Crippen LogP contribution is 2.37. The lowest BCUT2D eigenvalue weighted by molar-refractivity contribution is -0.153. The van der Waals surface area contributed by atoms with Gasteiger partial charge in [0, 0.05) is 19.3 Å². The minimum absolute atomic E-state index is 0.00383. The van der Waals surface area contributed by atoms with Gasteiger partial charge in [-0.2, -0.15) is 0 Å². The number of carbonyl (C=O) groups is 1. The molecule has 6 heteroatoms. The molecule has 1 atom stereocenters. The van der Waals surface area contributed by atoms with Crippen molar-refractivity contribution >= 4 is 11.6 Å². The van der Waals surface area contributed by atoms with Crippen molar-refractivity contribution in [3.8, 4) is 0 Å². The summed E-state index contributed by atoms with van der Waals surface area (Å²) in [6.07, 6.45) is 6.99. The Morgan fingerprint density at radius 2 is 2.12 bits per heavy atom. The maximum absolute atomic E-state index is 12.5.